The molecule has 0 amide bonds. The predicted octanol–water partition coefficient (Wildman–Crippen LogP) is -1.06. The molecule has 0 fully saturated rings. The first kappa shape index (κ1) is 18.9. The number of aliphatic imine (C=N–C) groups is 1. The normalized spacial score (nSPS) is 11.3. The van der Waals surface area contributed by atoms with Crippen molar-refractivity contribution in [2.24, 2.45) is 19.1 Å². The van der Waals surface area contributed by atoms with Gasteiger partial charge in [0.1, 0.15) is 0 Å². The van der Waals surface area contributed by atoms with Gasteiger partial charge in [0, 0.05) is 28.2 Å². The molecule has 3 rings (SSSR count). The third-order valence-electron chi connectivity index (χ3n) is 4.05. The Morgan fingerprint density at radius 3 is 2.21 bits per heavy atom. The maximum absolute atomic E-state index is 12.9. The third-order valence-corrected chi connectivity index (χ3v) is 4.05. The summed E-state index contributed by atoms with van der Waals surface area (Å²) in [5.41, 5.74) is -2.79. The summed E-state index contributed by atoms with van der Waals surface area (Å²) in [6, 6.07) is 8.28. The summed E-state index contributed by atoms with van der Waals surface area (Å²) < 4.78 is 3.67. The molecule has 28 heavy (non-hydrogen) atoms. The van der Waals surface area contributed by atoms with Gasteiger partial charge in [-0.15, -0.1) is 0 Å². The molecule has 146 valence electrons. The Morgan fingerprint density at radius 1 is 0.964 bits per heavy atom. The highest BCUT2D eigenvalue weighted by molar-refractivity contribution is 5.63. The molecule has 1 aromatic carbocycles. The first-order valence-electron chi connectivity index (χ1n) is 8.24. The standard InChI is InChI=1S/C17H19N7O4/c1-20(2)10-18-13-12(14(25)22(4)16(27)21(13)3)24-17(28)23(15(26)19-24)11-8-6-5-7-9-11/h5-10H,1-4H3,(H,19,26)/b18-10+. The van der Waals surface area contributed by atoms with Crippen molar-refractivity contribution in [1.29, 1.82) is 0 Å². The van der Waals surface area contributed by atoms with Crippen LogP contribution in [0.5, 0.6) is 0 Å². The Balaban J connectivity index is 2.40. The van der Waals surface area contributed by atoms with E-state index in [9.17, 15) is 19.2 Å². The van der Waals surface area contributed by atoms with Crippen LogP contribution in [0.15, 0.2) is 54.5 Å². The smallest absolute Gasteiger partial charge is 0.356 e. The summed E-state index contributed by atoms with van der Waals surface area (Å²) in [6.45, 7) is 0. The fourth-order valence-electron chi connectivity index (χ4n) is 2.67. The second-order valence-corrected chi connectivity index (χ2v) is 6.29. The van der Waals surface area contributed by atoms with Crippen LogP contribution in [0.2, 0.25) is 0 Å². The SMILES string of the molecule is CN(C)/C=N/c1c(-n2[nH]c(=O)n(-c3ccccc3)c2=O)c(=O)n(C)c(=O)n1C. The zero-order valence-corrected chi connectivity index (χ0v) is 15.8. The molecular formula is C17H19N7O4. The van der Waals surface area contributed by atoms with Crippen LogP contribution in [0.3, 0.4) is 0 Å². The van der Waals surface area contributed by atoms with Crippen molar-refractivity contribution in [2.45, 2.75) is 0 Å². The van der Waals surface area contributed by atoms with E-state index < -0.39 is 22.6 Å². The Labute approximate surface area is 158 Å². The van der Waals surface area contributed by atoms with Crippen LogP contribution >= 0.6 is 0 Å². The van der Waals surface area contributed by atoms with E-state index in [1.807, 2.05) is 0 Å². The van der Waals surface area contributed by atoms with Crippen molar-refractivity contribution in [3.05, 3.63) is 72.1 Å². The van der Waals surface area contributed by atoms with Crippen LogP contribution in [-0.2, 0) is 14.1 Å². The molecule has 2 aromatic heterocycles. The van der Waals surface area contributed by atoms with Crippen molar-refractivity contribution in [3.8, 4) is 11.4 Å². The van der Waals surface area contributed by atoms with Crippen LogP contribution in [0, 0.1) is 0 Å². The van der Waals surface area contributed by atoms with Gasteiger partial charge in [-0.1, -0.05) is 18.2 Å². The van der Waals surface area contributed by atoms with E-state index in [1.54, 1.807) is 49.3 Å². The third kappa shape index (κ3) is 3.02. The molecule has 0 aliphatic carbocycles. The average Bonchev–Trinajstić information content (AvgIpc) is 2.96. The zero-order valence-electron chi connectivity index (χ0n) is 15.8. The fourth-order valence-corrected chi connectivity index (χ4v) is 2.67. The Morgan fingerprint density at radius 2 is 1.61 bits per heavy atom. The number of para-hydroxylation sites is 1. The van der Waals surface area contributed by atoms with Gasteiger partial charge in [0.25, 0.3) is 5.56 Å². The minimum atomic E-state index is -0.784. The number of benzene rings is 1. The molecule has 11 nitrogen and oxygen atoms in total. The van der Waals surface area contributed by atoms with E-state index in [-0.39, 0.29) is 11.5 Å². The fraction of sp³-hybridized carbons (Fsp3) is 0.235. The molecule has 0 saturated carbocycles. The van der Waals surface area contributed by atoms with Crippen molar-refractivity contribution < 1.29 is 0 Å². The summed E-state index contributed by atoms with van der Waals surface area (Å²) in [5, 5.41) is 2.37. The molecule has 0 radical (unpaired) electrons. The van der Waals surface area contributed by atoms with Gasteiger partial charge in [-0.2, -0.15) is 4.68 Å². The molecule has 0 spiro atoms. The molecule has 11 heteroatoms. The van der Waals surface area contributed by atoms with Gasteiger partial charge in [0.05, 0.1) is 12.0 Å². The van der Waals surface area contributed by atoms with Crippen LogP contribution in [0.25, 0.3) is 11.4 Å². The number of hydrogen-bond acceptors (Lipinski definition) is 5. The molecule has 0 atom stereocenters. The average molecular weight is 385 g/mol. The highest BCUT2D eigenvalue weighted by Crippen LogP contribution is 2.15. The monoisotopic (exact) mass is 385 g/mol. The van der Waals surface area contributed by atoms with Gasteiger partial charge in [-0.25, -0.2) is 29.0 Å². The van der Waals surface area contributed by atoms with Crippen molar-refractivity contribution >= 4 is 12.2 Å². The van der Waals surface area contributed by atoms with Crippen molar-refractivity contribution in [2.75, 3.05) is 14.1 Å². The van der Waals surface area contributed by atoms with Crippen LogP contribution in [0.1, 0.15) is 0 Å². The van der Waals surface area contributed by atoms with Crippen molar-refractivity contribution in [3.63, 3.8) is 0 Å². The number of H-pyrrole nitrogens is 1. The van der Waals surface area contributed by atoms with E-state index in [0.717, 1.165) is 18.4 Å². The number of nitrogens with one attached hydrogen (secondary N) is 1. The highest BCUT2D eigenvalue weighted by Gasteiger charge is 2.22. The van der Waals surface area contributed by atoms with Gasteiger partial charge in [-0.05, 0) is 12.1 Å². The van der Waals surface area contributed by atoms with E-state index in [4.69, 9.17) is 0 Å². The maximum atomic E-state index is 12.9. The minimum Gasteiger partial charge on any atom is -0.369 e. The van der Waals surface area contributed by atoms with E-state index in [2.05, 4.69) is 10.1 Å². The molecule has 1 N–H and O–H groups in total. The molecule has 0 aliphatic rings. The Hall–Kier alpha value is -3.89. The molecule has 0 aliphatic heterocycles. The zero-order chi connectivity index (χ0) is 20.6. The summed E-state index contributed by atoms with van der Waals surface area (Å²) in [6.07, 6.45) is 1.38. The molecule has 0 bridgehead atoms. The summed E-state index contributed by atoms with van der Waals surface area (Å²) >= 11 is 0. The largest absolute Gasteiger partial charge is 0.369 e. The lowest BCUT2D eigenvalue weighted by molar-refractivity contribution is 0.636. The lowest BCUT2D eigenvalue weighted by Crippen LogP contribution is -2.41. The second-order valence-electron chi connectivity index (χ2n) is 6.29. The number of rotatable bonds is 4. The van der Waals surface area contributed by atoms with Gasteiger partial charge in [-0.3, -0.25) is 13.9 Å². The molecule has 0 unspecified atom stereocenters. The number of nitrogens with zero attached hydrogens (tertiary/aromatic N) is 6. The van der Waals surface area contributed by atoms with E-state index in [1.165, 1.54) is 20.4 Å². The van der Waals surface area contributed by atoms with Gasteiger partial charge >= 0.3 is 17.1 Å². The summed E-state index contributed by atoms with van der Waals surface area (Å²) in [5.74, 6) is -0.0645. The van der Waals surface area contributed by atoms with E-state index in [0.29, 0.717) is 5.69 Å². The Bertz CT molecular complexity index is 1290. The molecular weight excluding hydrogens is 366 g/mol. The first-order chi connectivity index (χ1) is 13.2. The second kappa shape index (κ2) is 7.02. The molecule has 3 aromatic rings. The number of aromatic nitrogens is 5. The highest BCUT2D eigenvalue weighted by atomic mass is 16.2. The topological polar surface area (TPSA) is 119 Å². The quantitative estimate of drug-likeness (QED) is 0.453. The van der Waals surface area contributed by atoms with Crippen molar-refractivity contribution in [1.82, 2.24) is 28.4 Å². The van der Waals surface area contributed by atoms with E-state index >= 15 is 0 Å². The maximum Gasteiger partial charge on any atom is 0.356 e. The van der Waals surface area contributed by atoms with Gasteiger partial charge in [0.15, 0.2) is 11.5 Å². The van der Waals surface area contributed by atoms with Crippen LogP contribution in [0.4, 0.5) is 5.82 Å². The lowest BCUT2D eigenvalue weighted by atomic mass is 10.3. The molecule has 2 heterocycles. The van der Waals surface area contributed by atoms with Crippen LogP contribution in [-0.4, -0.2) is 48.8 Å². The van der Waals surface area contributed by atoms with Gasteiger partial charge < -0.3 is 4.90 Å². The lowest BCUT2D eigenvalue weighted by Gasteiger charge is -2.12. The number of aromatic amines is 1. The van der Waals surface area contributed by atoms with Gasteiger partial charge in [0.2, 0.25) is 0 Å². The first-order valence-corrected chi connectivity index (χ1v) is 8.24. The minimum absolute atomic E-state index is 0.0645. The molecule has 0 saturated heterocycles. The van der Waals surface area contributed by atoms with Crippen LogP contribution < -0.4 is 22.6 Å². The Kier molecular flexibility index (Phi) is 4.74. The summed E-state index contributed by atoms with van der Waals surface area (Å²) in [4.78, 5) is 56.2. The predicted molar refractivity (Wildman–Crippen MR) is 104 cm³/mol. The summed E-state index contributed by atoms with van der Waals surface area (Å²) in [7, 11) is 6.13. The number of hydrogen-bond donors (Lipinski definition) is 1.